The van der Waals surface area contributed by atoms with Crippen LogP contribution >= 0.6 is 0 Å². The number of hydrazine groups is 1. The van der Waals surface area contributed by atoms with Gasteiger partial charge >= 0.3 is 6.03 Å². The summed E-state index contributed by atoms with van der Waals surface area (Å²) in [7, 11) is 1.59. The molecule has 4 amide bonds. The summed E-state index contributed by atoms with van der Waals surface area (Å²) in [6.07, 6.45) is 0.534. The third kappa shape index (κ3) is 4.48. The molecular formula is C21H23N3O5. The van der Waals surface area contributed by atoms with Gasteiger partial charge in [-0.15, -0.1) is 0 Å². The molecule has 0 radical (unpaired) electrons. The highest BCUT2D eigenvalue weighted by atomic mass is 16.5. The monoisotopic (exact) mass is 397 g/mol. The van der Waals surface area contributed by atoms with Gasteiger partial charge in [-0.05, 0) is 43.2 Å². The number of hydrogen-bond donors (Lipinski definition) is 2. The summed E-state index contributed by atoms with van der Waals surface area (Å²) in [5.74, 6) is 0.424. The van der Waals surface area contributed by atoms with Crippen LogP contribution in [-0.4, -0.2) is 36.6 Å². The van der Waals surface area contributed by atoms with Gasteiger partial charge in [-0.2, -0.15) is 5.01 Å². The molecule has 1 heterocycles. The Morgan fingerprint density at radius 1 is 1.07 bits per heavy atom. The lowest BCUT2D eigenvalue weighted by molar-refractivity contribution is -0.139. The van der Waals surface area contributed by atoms with E-state index >= 15 is 0 Å². The molecule has 0 unspecified atom stereocenters. The number of benzene rings is 2. The second kappa shape index (κ2) is 8.64. The van der Waals surface area contributed by atoms with Crippen LogP contribution in [0.2, 0.25) is 0 Å². The largest absolute Gasteiger partial charge is 0.497 e. The average molecular weight is 397 g/mol. The van der Waals surface area contributed by atoms with Gasteiger partial charge < -0.3 is 14.8 Å². The fourth-order valence-corrected chi connectivity index (χ4v) is 2.98. The fourth-order valence-electron chi connectivity index (χ4n) is 2.98. The van der Waals surface area contributed by atoms with Crippen LogP contribution in [0.15, 0.2) is 54.6 Å². The lowest BCUT2D eigenvalue weighted by Gasteiger charge is -2.22. The van der Waals surface area contributed by atoms with Crippen LogP contribution in [0.25, 0.3) is 0 Å². The van der Waals surface area contributed by atoms with Gasteiger partial charge in [-0.25, -0.2) is 4.79 Å². The molecule has 0 aromatic heterocycles. The molecule has 8 nitrogen and oxygen atoms in total. The first kappa shape index (κ1) is 20.2. The molecule has 2 N–H and O–H groups in total. The summed E-state index contributed by atoms with van der Waals surface area (Å²) in [4.78, 5) is 37.1. The van der Waals surface area contributed by atoms with Crippen molar-refractivity contribution in [2.24, 2.45) is 0 Å². The van der Waals surface area contributed by atoms with Gasteiger partial charge in [0.05, 0.1) is 13.7 Å². The predicted molar refractivity (Wildman–Crippen MR) is 105 cm³/mol. The topological polar surface area (TPSA) is 97.0 Å². The Labute approximate surface area is 168 Å². The minimum atomic E-state index is -1.22. The van der Waals surface area contributed by atoms with Gasteiger partial charge in [0.2, 0.25) is 5.91 Å². The van der Waals surface area contributed by atoms with Crippen LogP contribution in [0.3, 0.4) is 0 Å². The zero-order valence-electron chi connectivity index (χ0n) is 16.3. The number of urea groups is 1. The first-order valence-electron chi connectivity index (χ1n) is 9.22. The number of carbonyl (C=O) groups is 3. The number of hydrogen-bond acceptors (Lipinski definition) is 5. The standard InChI is InChI=1S/C21H23N3O5/c1-21(15-7-4-3-5-8-15)19(26)24(20(27)22-21)23-18(25)9-6-14-29-17-12-10-16(28-2)11-13-17/h3-5,7-8,10-13H,6,9,14H2,1-2H3,(H,22,27)(H,23,25)/t21-/m1/s1. The molecule has 0 aliphatic carbocycles. The van der Waals surface area contributed by atoms with Gasteiger partial charge in [0, 0.05) is 6.42 Å². The van der Waals surface area contributed by atoms with Gasteiger partial charge in [0.15, 0.2) is 0 Å². The van der Waals surface area contributed by atoms with Gasteiger partial charge in [0.1, 0.15) is 17.0 Å². The lowest BCUT2D eigenvalue weighted by Crippen LogP contribution is -2.47. The average Bonchev–Trinajstić information content (AvgIpc) is 2.96. The van der Waals surface area contributed by atoms with Gasteiger partial charge in [-0.3, -0.25) is 15.0 Å². The van der Waals surface area contributed by atoms with Crippen LogP contribution < -0.4 is 20.2 Å². The molecule has 29 heavy (non-hydrogen) atoms. The predicted octanol–water partition coefficient (Wildman–Crippen LogP) is 2.35. The summed E-state index contributed by atoms with van der Waals surface area (Å²) in [6, 6.07) is 15.3. The normalized spacial score (nSPS) is 18.3. The number of ether oxygens (including phenoxy) is 2. The van der Waals surface area contributed by atoms with Crippen molar-refractivity contribution in [2.45, 2.75) is 25.3 Å². The summed E-state index contributed by atoms with van der Waals surface area (Å²) in [5.41, 5.74) is 1.80. The van der Waals surface area contributed by atoms with E-state index in [1.807, 2.05) is 6.07 Å². The van der Waals surface area contributed by atoms with Crippen molar-refractivity contribution in [2.75, 3.05) is 13.7 Å². The van der Waals surface area contributed by atoms with Crippen LogP contribution in [0.4, 0.5) is 4.79 Å². The van der Waals surface area contributed by atoms with E-state index in [-0.39, 0.29) is 6.42 Å². The Hall–Kier alpha value is -3.55. The highest BCUT2D eigenvalue weighted by Gasteiger charge is 2.49. The minimum absolute atomic E-state index is 0.106. The highest BCUT2D eigenvalue weighted by molar-refractivity contribution is 6.08. The summed E-state index contributed by atoms with van der Waals surface area (Å²) in [6.45, 7) is 1.93. The third-order valence-electron chi connectivity index (χ3n) is 4.65. The van der Waals surface area contributed by atoms with Crippen LogP contribution in [0.1, 0.15) is 25.3 Å². The molecule has 8 heteroatoms. The third-order valence-corrected chi connectivity index (χ3v) is 4.65. The van der Waals surface area contributed by atoms with Crippen molar-refractivity contribution in [3.8, 4) is 11.5 Å². The molecular weight excluding hydrogens is 374 g/mol. The Bertz CT molecular complexity index is 885. The zero-order chi connectivity index (χ0) is 20.9. The number of carbonyl (C=O) groups excluding carboxylic acids is 3. The molecule has 0 spiro atoms. The second-order valence-corrected chi connectivity index (χ2v) is 6.72. The number of imide groups is 1. The molecule has 1 aliphatic heterocycles. The van der Waals surface area contributed by atoms with Crippen LogP contribution in [-0.2, 0) is 15.1 Å². The maximum absolute atomic E-state index is 12.7. The summed E-state index contributed by atoms with van der Waals surface area (Å²) in [5, 5.41) is 3.37. The van der Waals surface area contributed by atoms with Crippen LogP contribution in [0.5, 0.6) is 11.5 Å². The smallest absolute Gasteiger partial charge is 0.344 e. The SMILES string of the molecule is COc1ccc(OCCCC(=O)NN2C(=O)N[C@](C)(c3ccccc3)C2=O)cc1. The molecule has 3 rings (SSSR count). The van der Waals surface area contributed by atoms with Gasteiger partial charge in [-0.1, -0.05) is 30.3 Å². The van der Waals surface area contributed by atoms with Crippen molar-refractivity contribution in [3.63, 3.8) is 0 Å². The lowest BCUT2D eigenvalue weighted by atomic mass is 9.92. The van der Waals surface area contributed by atoms with E-state index in [0.717, 1.165) is 10.8 Å². The van der Waals surface area contributed by atoms with E-state index in [2.05, 4.69) is 10.7 Å². The molecule has 1 aliphatic rings. The van der Waals surface area contributed by atoms with E-state index in [4.69, 9.17) is 9.47 Å². The number of methoxy groups -OCH3 is 1. The van der Waals surface area contributed by atoms with Crippen molar-refractivity contribution < 1.29 is 23.9 Å². The van der Waals surface area contributed by atoms with E-state index in [0.29, 0.717) is 24.3 Å². The highest BCUT2D eigenvalue weighted by Crippen LogP contribution is 2.27. The Morgan fingerprint density at radius 3 is 2.38 bits per heavy atom. The Morgan fingerprint density at radius 2 is 1.72 bits per heavy atom. The van der Waals surface area contributed by atoms with E-state index in [1.54, 1.807) is 62.6 Å². The van der Waals surface area contributed by atoms with Gasteiger partial charge in [0.25, 0.3) is 5.91 Å². The molecule has 1 fully saturated rings. The minimum Gasteiger partial charge on any atom is -0.497 e. The van der Waals surface area contributed by atoms with Crippen molar-refractivity contribution in [1.29, 1.82) is 0 Å². The van der Waals surface area contributed by atoms with E-state index < -0.39 is 23.4 Å². The maximum Gasteiger partial charge on any atom is 0.344 e. The molecule has 152 valence electrons. The molecule has 2 aromatic carbocycles. The molecule has 0 saturated carbocycles. The first-order valence-corrected chi connectivity index (χ1v) is 9.22. The quantitative estimate of drug-likeness (QED) is 0.526. The van der Waals surface area contributed by atoms with Crippen molar-refractivity contribution in [1.82, 2.24) is 15.8 Å². The number of nitrogens with one attached hydrogen (secondary N) is 2. The zero-order valence-corrected chi connectivity index (χ0v) is 16.3. The Balaban J connectivity index is 1.48. The Kier molecular flexibility index (Phi) is 6.01. The maximum atomic E-state index is 12.7. The number of nitrogens with zero attached hydrogens (tertiary/aromatic N) is 1. The summed E-state index contributed by atoms with van der Waals surface area (Å²) >= 11 is 0. The molecule has 0 bridgehead atoms. The number of amides is 4. The van der Waals surface area contributed by atoms with Crippen molar-refractivity contribution >= 4 is 17.8 Å². The second-order valence-electron chi connectivity index (χ2n) is 6.72. The molecule has 1 atom stereocenters. The number of rotatable bonds is 8. The van der Waals surface area contributed by atoms with Crippen LogP contribution in [0, 0.1) is 0 Å². The van der Waals surface area contributed by atoms with E-state index in [9.17, 15) is 14.4 Å². The molecule has 2 aromatic rings. The summed E-state index contributed by atoms with van der Waals surface area (Å²) < 4.78 is 10.6. The first-order chi connectivity index (χ1) is 13.9. The molecule has 1 saturated heterocycles. The van der Waals surface area contributed by atoms with Crippen molar-refractivity contribution in [3.05, 3.63) is 60.2 Å². The fraction of sp³-hybridized carbons (Fsp3) is 0.286. The van der Waals surface area contributed by atoms with E-state index in [1.165, 1.54) is 0 Å².